The second-order valence-corrected chi connectivity index (χ2v) is 16.5. The maximum absolute atomic E-state index is 7.09. The van der Waals surface area contributed by atoms with Gasteiger partial charge in [-0.3, -0.25) is 0 Å². The van der Waals surface area contributed by atoms with Crippen LogP contribution in [0.2, 0.25) is 0 Å². The topological polar surface area (TPSA) is 44.7 Å². The van der Waals surface area contributed by atoms with Gasteiger partial charge in [-0.15, -0.1) is 0 Å². The number of hydrogen-bond acceptors (Lipinski definition) is 4. The molecule has 4 nitrogen and oxygen atoms in total. The monoisotopic (exact) mass is 690 g/mol. The lowest BCUT2D eigenvalue weighted by Crippen LogP contribution is -2.12. The summed E-state index contributed by atoms with van der Waals surface area (Å²) in [6.45, 7) is 19.4. The molecule has 0 spiro atoms. The van der Waals surface area contributed by atoms with Gasteiger partial charge in [0, 0.05) is 21.9 Å². The fourth-order valence-electron chi connectivity index (χ4n) is 7.51. The number of hydrogen-bond donors (Lipinski definition) is 0. The van der Waals surface area contributed by atoms with Gasteiger partial charge in [-0.2, -0.15) is 0 Å². The molecule has 6 aromatic rings. The van der Waals surface area contributed by atoms with E-state index < -0.39 is 0 Å². The number of ether oxygens (including phenoxy) is 2. The largest absolute Gasteiger partial charge is 0.494 e. The van der Waals surface area contributed by atoms with E-state index in [9.17, 15) is 0 Å². The molecular formula is C48H50O4. The zero-order valence-electron chi connectivity index (χ0n) is 32.0. The van der Waals surface area contributed by atoms with Crippen molar-refractivity contribution in [2.75, 3.05) is 13.2 Å². The van der Waals surface area contributed by atoms with Crippen molar-refractivity contribution in [2.24, 2.45) is 0 Å². The molecule has 0 unspecified atom stereocenters. The van der Waals surface area contributed by atoms with E-state index in [2.05, 4.69) is 140 Å². The summed E-state index contributed by atoms with van der Waals surface area (Å²) in [6, 6.07) is 30.7. The molecule has 8 rings (SSSR count). The van der Waals surface area contributed by atoms with Gasteiger partial charge >= 0.3 is 0 Å². The molecule has 4 heteroatoms. The molecule has 6 aromatic carbocycles. The van der Waals surface area contributed by atoms with E-state index in [0.717, 1.165) is 117 Å². The van der Waals surface area contributed by atoms with E-state index in [4.69, 9.17) is 18.3 Å². The summed E-state index contributed by atoms with van der Waals surface area (Å²) in [5.74, 6) is 1.79. The Balaban J connectivity index is 1.42. The Hall–Kier alpha value is -4.96. The summed E-state index contributed by atoms with van der Waals surface area (Å²) in [5.41, 5.74) is 12.5. The molecule has 52 heavy (non-hydrogen) atoms. The molecule has 0 saturated carbocycles. The standard InChI is InChI=1S/C48H50O4/c1-9-11-21-49-33-17-13-29(14-18-33)35-27-41-45-43-37(35)23-31(47(3,4)5)25-39(43)52-42-28-36(30-15-19-34(20-16-30)50-22-12-10-2)38-24-32(48(6,7)8)26-40(51-41)44(38)46(42)45/h13-20,23-28H,9-12,21-22H2,1-8H3. The zero-order chi connectivity index (χ0) is 36.4. The molecule has 0 fully saturated rings. The Morgan fingerprint density at radius 3 is 1.21 bits per heavy atom. The Kier molecular flexibility index (Phi) is 8.48. The van der Waals surface area contributed by atoms with Gasteiger partial charge in [0.25, 0.3) is 0 Å². The molecule has 0 N–H and O–H groups in total. The molecular weight excluding hydrogens is 641 g/mol. The summed E-state index contributed by atoms with van der Waals surface area (Å²) in [7, 11) is 0. The van der Waals surface area contributed by atoms with Crippen molar-refractivity contribution < 1.29 is 18.3 Å². The van der Waals surface area contributed by atoms with Crippen molar-refractivity contribution in [2.45, 2.75) is 91.9 Å². The van der Waals surface area contributed by atoms with E-state index >= 15 is 0 Å². The van der Waals surface area contributed by atoms with Crippen LogP contribution in [0.4, 0.5) is 0 Å². The van der Waals surface area contributed by atoms with Crippen LogP contribution in [0.3, 0.4) is 0 Å². The van der Waals surface area contributed by atoms with Gasteiger partial charge in [0.05, 0.1) is 13.2 Å². The average Bonchev–Trinajstić information content (AvgIpc) is 3.12. The van der Waals surface area contributed by atoms with Crippen molar-refractivity contribution >= 4 is 43.9 Å². The van der Waals surface area contributed by atoms with Gasteiger partial charge in [-0.05, 0) is 128 Å². The number of benzene rings is 6. The SMILES string of the molecule is CCCCOc1ccc(-c2cc3oc4cc(C(C)(C)C)cc5c(-c6ccc(OCCCC)cc6)cc6oc7cc(C(C)(C)C)cc2c7c3-c6c45)cc1. The van der Waals surface area contributed by atoms with Crippen molar-refractivity contribution in [3.63, 3.8) is 0 Å². The lowest BCUT2D eigenvalue weighted by atomic mass is 9.80. The number of unbranched alkanes of at least 4 members (excludes halogenated alkanes) is 2. The van der Waals surface area contributed by atoms with E-state index in [-0.39, 0.29) is 10.8 Å². The minimum Gasteiger partial charge on any atom is -0.494 e. The van der Waals surface area contributed by atoms with Crippen LogP contribution in [0.25, 0.3) is 77.3 Å². The van der Waals surface area contributed by atoms with Crippen LogP contribution < -0.4 is 9.47 Å². The summed E-state index contributed by atoms with van der Waals surface area (Å²) < 4.78 is 26.2. The van der Waals surface area contributed by atoms with Crippen LogP contribution in [0.15, 0.2) is 93.8 Å². The molecule has 2 heterocycles. The van der Waals surface area contributed by atoms with Crippen LogP contribution in [-0.2, 0) is 10.8 Å². The highest BCUT2D eigenvalue weighted by Gasteiger charge is 2.30. The van der Waals surface area contributed by atoms with Crippen molar-refractivity contribution in [3.8, 4) is 44.9 Å². The Bertz CT molecular complexity index is 2300. The van der Waals surface area contributed by atoms with Crippen molar-refractivity contribution in [3.05, 3.63) is 96.1 Å². The normalized spacial score (nSPS) is 12.7. The predicted octanol–water partition coefficient (Wildman–Crippen LogP) is 14.3. The van der Waals surface area contributed by atoms with Crippen LogP contribution in [0.1, 0.15) is 92.2 Å². The van der Waals surface area contributed by atoms with Crippen molar-refractivity contribution in [1.29, 1.82) is 0 Å². The third-order valence-electron chi connectivity index (χ3n) is 10.6. The Labute approximate surface area is 307 Å². The molecule has 2 aliphatic rings. The second kappa shape index (κ2) is 12.9. The number of rotatable bonds is 10. The average molecular weight is 691 g/mol. The maximum Gasteiger partial charge on any atom is 0.136 e. The summed E-state index contributed by atoms with van der Waals surface area (Å²) >= 11 is 0. The molecule has 0 aromatic heterocycles. The maximum atomic E-state index is 7.09. The molecule has 0 aliphatic carbocycles. The van der Waals surface area contributed by atoms with Gasteiger partial charge in [0.15, 0.2) is 0 Å². The fourth-order valence-corrected chi connectivity index (χ4v) is 7.51. The van der Waals surface area contributed by atoms with Crippen LogP contribution in [0.5, 0.6) is 11.5 Å². The molecule has 2 aliphatic heterocycles. The highest BCUT2D eigenvalue weighted by atomic mass is 16.5. The molecule has 0 amide bonds. The van der Waals surface area contributed by atoms with E-state index in [0.29, 0.717) is 0 Å². The van der Waals surface area contributed by atoms with Crippen molar-refractivity contribution in [1.82, 2.24) is 0 Å². The van der Waals surface area contributed by atoms with Gasteiger partial charge in [-0.1, -0.05) is 92.5 Å². The minimum atomic E-state index is -0.0823. The van der Waals surface area contributed by atoms with Crippen LogP contribution >= 0.6 is 0 Å². The van der Waals surface area contributed by atoms with E-state index in [1.165, 1.54) is 21.9 Å². The minimum absolute atomic E-state index is 0.0823. The molecule has 0 bridgehead atoms. The van der Waals surface area contributed by atoms with Gasteiger partial charge in [0.2, 0.25) is 0 Å². The van der Waals surface area contributed by atoms with Crippen LogP contribution in [0, 0.1) is 0 Å². The first kappa shape index (κ1) is 34.1. The molecule has 0 atom stereocenters. The lowest BCUT2D eigenvalue weighted by Gasteiger charge is -2.27. The first-order valence-corrected chi connectivity index (χ1v) is 19.1. The third-order valence-corrected chi connectivity index (χ3v) is 10.6. The fraction of sp³-hybridized carbons (Fsp3) is 0.333. The first-order valence-electron chi connectivity index (χ1n) is 19.1. The quantitative estimate of drug-likeness (QED) is 0.0814. The predicted molar refractivity (Wildman–Crippen MR) is 218 cm³/mol. The first-order chi connectivity index (χ1) is 24.9. The van der Waals surface area contributed by atoms with Gasteiger partial charge in [0.1, 0.15) is 33.8 Å². The second-order valence-electron chi connectivity index (χ2n) is 16.5. The lowest BCUT2D eigenvalue weighted by molar-refractivity contribution is 0.309. The smallest absolute Gasteiger partial charge is 0.136 e. The molecule has 0 saturated heterocycles. The highest BCUT2D eigenvalue weighted by molar-refractivity contribution is 6.27. The Morgan fingerprint density at radius 2 is 0.865 bits per heavy atom. The van der Waals surface area contributed by atoms with Crippen LogP contribution in [-0.4, -0.2) is 13.2 Å². The molecule has 0 radical (unpaired) electrons. The van der Waals surface area contributed by atoms with E-state index in [1.807, 2.05) is 0 Å². The zero-order valence-corrected chi connectivity index (χ0v) is 32.0. The summed E-state index contributed by atoms with van der Waals surface area (Å²) in [5, 5.41) is 4.54. The van der Waals surface area contributed by atoms with Gasteiger partial charge in [-0.25, -0.2) is 0 Å². The van der Waals surface area contributed by atoms with E-state index in [1.54, 1.807) is 0 Å². The molecule has 266 valence electrons. The summed E-state index contributed by atoms with van der Waals surface area (Å²) in [6.07, 6.45) is 4.31. The summed E-state index contributed by atoms with van der Waals surface area (Å²) in [4.78, 5) is 0. The van der Waals surface area contributed by atoms with Gasteiger partial charge < -0.3 is 18.3 Å². The third kappa shape index (κ3) is 5.96. The Morgan fingerprint density at radius 1 is 0.481 bits per heavy atom. The highest BCUT2D eigenvalue weighted by Crippen LogP contribution is 2.53.